The Kier molecular flexibility index (Phi) is 3.01. The predicted molar refractivity (Wildman–Crippen MR) is 69.9 cm³/mol. The fourth-order valence-electron chi connectivity index (χ4n) is 2.08. The van der Waals surface area contributed by atoms with E-state index in [1.54, 1.807) is 0 Å². The van der Waals surface area contributed by atoms with Gasteiger partial charge >= 0.3 is 0 Å². The maximum Gasteiger partial charge on any atom is 0.0458 e. The molecular weight excluding hydrogens is 196 g/mol. The third-order valence-electron chi connectivity index (χ3n) is 3.41. The number of likely N-dealkylation sites (N-methyl/N-ethyl adjacent to an activating group) is 1. The summed E-state index contributed by atoms with van der Waals surface area (Å²) >= 11 is 0. The summed E-state index contributed by atoms with van der Waals surface area (Å²) < 4.78 is 0. The van der Waals surface area contributed by atoms with Crippen LogP contribution >= 0.6 is 0 Å². The van der Waals surface area contributed by atoms with Crippen LogP contribution in [0.25, 0.3) is 10.9 Å². The van der Waals surface area contributed by atoms with Gasteiger partial charge < -0.3 is 9.88 Å². The van der Waals surface area contributed by atoms with Gasteiger partial charge in [-0.25, -0.2) is 0 Å². The van der Waals surface area contributed by atoms with Gasteiger partial charge in [-0.1, -0.05) is 18.2 Å². The maximum absolute atomic E-state index is 3.45. The summed E-state index contributed by atoms with van der Waals surface area (Å²) in [6.07, 6.45) is 1.10. The third kappa shape index (κ3) is 1.98. The SMILES string of the molecule is Cc1[nH]c2ccccc2c1C[C@@H](C)N(C)C. The van der Waals surface area contributed by atoms with Gasteiger partial charge in [0.2, 0.25) is 0 Å². The van der Waals surface area contributed by atoms with Crippen LogP contribution in [0.2, 0.25) is 0 Å². The molecule has 1 heterocycles. The van der Waals surface area contributed by atoms with Gasteiger partial charge in [0.15, 0.2) is 0 Å². The summed E-state index contributed by atoms with van der Waals surface area (Å²) in [6, 6.07) is 9.11. The molecule has 0 amide bonds. The topological polar surface area (TPSA) is 19.0 Å². The molecule has 1 N–H and O–H groups in total. The van der Waals surface area contributed by atoms with E-state index < -0.39 is 0 Å². The molecule has 0 bridgehead atoms. The van der Waals surface area contributed by atoms with Crippen LogP contribution in [-0.2, 0) is 6.42 Å². The second-order valence-corrected chi connectivity index (χ2v) is 4.79. The average Bonchev–Trinajstić information content (AvgIpc) is 2.55. The summed E-state index contributed by atoms with van der Waals surface area (Å²) in [4.78, 5) is 5.72. The summed E-state index contributed by atoms with van der Waals surface area (Å²) in [5.74, 6) is 0. The van der Waals surface area contributed by atoms with Crippen molar-refractivity contribution in [2.24, 2.45) is 0 Å². The molecule has 0 radical (unpaired) electrons. The Morgan fingerprint density at radius 1 is 1.25 bits per heavy atom. The zero-order valence-corrected chi connectivity index (χ0v) is 10.5. The number of aryl methyl sites for hydroxylation is 1. The smallest absolute Gasteiger partial charge is 0.0458 e. The van der Waals surface area contributed by atoms with Crippen LogP contribution in [-0.4, -0.2) is 30.0 Å². The van der Waals surface area contributed by atoms with Crippen molar-refractivity contribution in [2.45, 2.75) is 26.3 Å². The number of hydrogen-bond acceptors (Lipinski definition) is 1. The van der Waals surface area contributed by atoms with Crippen molar-refractivity contribution in [1.82, 2.24) is 9.88 Å². The van der Waals surface area contributed by atoms with Crippen molar-refractivity contribution in [3.8, 4) is 0 Å². The highest BCUT2D eigenvalue weighted by atomic mass is 15.1. The molecule has 1 aromatic carbocycles. The first kappa shape index (κ1) is 11.2. The third-order valence-corrected chi connectivity index (χ3v) is 3.41. The fraction of sp³-hybridized carbons (Fsp3) is 0.429. The van der Waals surface area contributed by atoms with Gasteiger partial charge in [-0.3, -0.25) is 0 Å². The molecule has 0 aliphatic carbocycles. The molecule has 16 heavy (non-hydrogen) atoms. The van der Waals surface area contributed by atoms with Crippen molar-refractivity contribution >= 4 is 10.9 Å². The molecular formula is C14H20N2. The highest BCUT2D eigenvalue weighted by Gasteiger charge is 2.12. The quantitative estimate of drug-likeness (QED) is 0.835. The van der Waals surface area contributed by atoms with E-state index in [2.05, 4.69) is 62.1 Å². The molecule has 2 aromatic rings. The number of nitrogens with one attached hydrogen (secondary N) is 1. The van der Waals surface area contributed by atoms with Crippen molar-refractivity contribution in [3.63, 3.8) is 0 Å². The van der Waals surface area contributed by atoms with E-state index >= 15 is 0 Å². The minimum atomic E-state index is 0.568. The first-order valence-corrected chi connectivity index (χ1v) is 5.82. The lowest BCUT2D eigenvalue weighted by Gasteiger charge is -2.19. The number of hydrogen-bond donors (Lipinski definition) is 1. The van der Waals surface area contributed by atoms with E-state index in [-0.39, 0.29) is 0 Å². The molecule has 2 heteroatoms. The van der Waals surface area contributed by atoms with Gasteiger partial charge in [-0.15, -0.1) is 0 Å². The highest BCUT2D eigenvalue weighted by Crippen LogP contribution is 2.23. The van der Waals surface area contributed by atoms with Crippen LogP contribution in [0.5, 0.6) is 0 Å². The number of benzene rings is 1. The summed E-state index contributed by atoms with van der Waals surface area (Å²) in [7, 11) is 4.27. The van der Waals surface area contributed by atoms with Crippen LogP contribution in [0.4, 0.5) is 0 Å². The van der Waals surface area contributed by atoms with Crippen LogP contribution in [0.1, 0.15) is 18.2 Å². The zero-order valence-electron chi connectivity index (χ0n) is 10.5. The summed E-state index contributed by atoms with van der Waals surface area (Å²) in [5.41, 5.74) is 4.01. The number of nitrogens with zero attached hydrogens (tertiary/aromatic N) is 1. The second-order valence-electron chi connectivity index (χ2n) is 4.79. The first-order valence-electron chi connectivity index (χ1n) is 5.82. The Morgan fingerprint density at radius 2 is 1.94 bits per heavy atom. The van der Waals surface area contributed by atoms with Crippen molar-refractivity contribution in [3.05, 3.63) is 35.5 Å². The zero-order chi connectivity index (χ0) is 11.7. The Hall–Kier alpha value is -1.28. The predicted octanol–water partition coefficient (Wildman–Crippen LogP) is 2.97. The molecule has 1 aromatic heterocycles. The largest absolute Gasteiger partial charge is 0.358 e. The molecule has 0 aliphatic rings. The van der Waals surface area contributed by atoms with Gasteiger partial charge in [-0.05, 0) is 46.0 Å². The van der Waals surface area contributed by atoms with Gasteiger partial charge in [0.25, 0.3) is 0 Å². The van der Waals surface area contributed by atoms with Crippen LogP contribution in [0.3, 0.4) is 0 Å². The minimum absolute atomic E-state index is 0.568. The normalized spacial score (nSPS) is 13.6. The Balaban J connectivity index is 2.40. The number of rotatable bonds is 3. The summed E-state index contributed by atoms with van der Waals surface area (Å²) in [5, 5.41) is 1.37. The number of para-hydroxylation sites is 1. The lowest BCUT2D eigenvalue weighted by Crippen LogP contribution is -2.26. The van der Waals surface area contributed by atoms with E-state index in [1.807, 2.05) is 0 Å². The van der Waals surface area contributed by atoms with E-state index in [1.165, 1.54) is 22.2 Å². The Bertz CT molecular complexity index is 482. The fourth-order valence-corrected chi connectivity index (χ4v) is 2.08. The molecule has 0 saturated heterocycles. The Labute approximate surface area is 97.3 Å². The van der Waals surface area contributed by atoms with Crippen LogP contribution in [0.15, 0.2) is 24.3 Å². The van der Waals surface area contributed by atoms with Gasteiger partial charge in [-0.2, -0.15) is 0 Å². The highest BCUT2D eigenvalue weighted by molar-refractivity contribution is 5.84. The van der Waals surface area contributed by atoms with Gasteiger partial charge in [0.05, 0.1) is 0 Å². The van der Waals surface area contributed by atoms with Crippen molar-refractivity contribution in [1.29, 1.82) is 0 Å². The van der Waals surface area contributed by atoms with Crippen molar-refractivity contribution in [2.75, 3.05) is 14.1 Å². The van der Waals surface area contributed by atoms with Gasteiger partial charge in [0.1, 0.15) is 0 Å². The second kappa shape index (κ2) is 4.30. The minimum Gasteiger partial charge on any atom is -0.358 e. The molecule has 0 saturated carbocycles. The molecule has 0 fully saturated rings. The molecule has 0 spiro atoms. The van der Waals surface area contributed by atoms with E-state index in [0.717, 1.165) is 6.42 Å². The molecule has 0 unspecified atom stereocenters. The van der Waals surface area contributed by atoms with Crippen molar-refractivity contribution < 1.29 is 0 Å². The van der Waals surface area contributed by atoms with Crippen LogP contribution in [0, 0.1) is 6.92 Å². The number of aromatic amines is 1. The maximum atomic E-state index is 3.45. The van der Waals surface area contributed by atoms with Gasteiger partial charge in [0, 0.05) is 22.6 Å². The number of H-pyrrole nitrogens is 1. The van der Waals surface area contributed by atoms with E-state index in [9.17, 15) is 0 Å². The number of aromatic nitrogens is 1. The standard InChI is InChI=1S/C14H20N2/c1-10(16(3)4)9-13-11(2)15-14-8-6-5-7-12(13)14/h5-8,10,15H,9H2,1-4H3/t10-/m1/s1. The molecule has 2 nitrogen and oxygen atoms in total. The molecule has 86 valence electrons. The lowest BCUT2D eigenvalue weighted by atomic mass is 10.0. The number of fused-ring (bicyclic) bond motifs is 1. The van der Waals surface area contributed by atoms with Crippen LogP contribution < -0.4 is 0 Å². The summed E-state index contributed by atoms with van der Waals surface area (Å²) in [6.45, 7) is 4.43. The monoisotopic (exact) mass is 216 g/mol. The Morgan fingerprint density at radius 3 is 2.62 bits per heavy atom. The molecule has 1 atom stereocenters. The average molecular weight is 216 g/mol. The lowest BCUT2D eigenvalue weighted by molar-refractivity contribution is 0.312. The first-order chi connectivity index (χ1) is 7.59. The molecule has 0 aliphatic heterocycles. The van der Waals surface area contributed by atoms with E-state index in [4.69, 9.17) is 0 Å². The van der Waals surface area contributed by atoms with E-state index in [0.29, 0.717) is 6.04 Å². The molecule has 2 rings (SSSR count).